The maximum absolute atomic E-state index is 12.8. The van der Waals surface area contributed by atoms with E-state index in [0.29, 0.717) is 24.2 Å². The lowest BCUT2D eigenvalue weighted by Crippen LogP contribution is -2.45. The van der Waals surface area contributed by atoms with Crippen LogP contribution in [0.2, 0.25) is 0 Å². The van der Waals surface area contributed by atoms with Crippen LogP contribution in [-0.4, -0.2) is 47.0 Å². The summed E-state index contributed by atoms with van der Waals surface area (Å²) in [6.07, 6.45) is 1.81. The van der Waals surface area contributed by atoms with Gasteiger partial charge in [-0.3, -0.25) is 4.79 Å². The highest BCUT2D eigenvalue weighted by molar-refractivity contribution is 6.04. The Morgan fingerprint density at radius 3 is 2.78 bits per heavy atom. The molecule has 0 radical (unpaired) electrons. The number of methoxy groups -OCH3 is 1. The number of carbonyl (C=O) groups excluding carboxylic acids is 1. The Hall–Kier alpha value is -1.17. The van der Waals surface area contributed by atoms with Gasteiger partial charge in [-0.1, -0.05) is 12.2 Å². The van der Waals surface area contributed by atoms with E-state index in [1.54, 1.807) is 0 Å². The molecule has 1 saturated heterocycles. The van der Waals surface area contributed by atoms with Crippen molar-refractivity contribution in [1.29, 1.82) is 0 Å². The summed E-state index contributed by atoms with van der Waals surface area (Å²) in [5, 5.41) is 21.3. The molecule has 0 aromatic heterocycles. The molecule has 0 amide bonds. The van der Waals surface area contributed by atoms with E-state index in [4.69, 9.17) is 9.47 Å². The smallest absolute Gasteiger partial charge is 0.196 e. The Labute approximate surface area is 137 Å². The van der Waals surface area contributed by atoms with Gasteiger partial charge in [0.25, 0.3) is 0 Å². The van der Waals surface area contributed by atoms with E-state index in [1.807, 2.05) is 13.8 Å². The fraction of sp³-hybridized carbons (Fsp3) is 0.722. The normalized spacial score (nSPS) is 43.2. The van der Waals surface area contributed by atoms with Crippen molar-refractivity contribution in [2.75, 3.05) is 13.7 Å². The van der Waals surface area contributed by atoms with Gasteiger partial charge in [-0.05, 0) is 44.9 Å². The lowest BCUT2D eigenvalue weighted by atomic mass is 9.74. The second-order valence-corrected chi connectivity index (χ2v) is 7.57. The summed E-state index contributed by atoms with van der Waals surface area (Å²) in [7, 11) is 1.53. The third kappa shape index (κ3) is 2.55. The summed E-state index contributed by atoms with van der Waals surface area (Å²) in [5.74, 6) is 0.260. The van der Waals surface area contributed by atoms with Crippen molar-refractivity contribution >= 4 is 5.78 Å². The van der Waals surface area contributed by atoms with Crippen LogP contribution in [0.25, 0.3) is 0 Å². The van der Waals surface area contributed by atoms with Gasteiger partial charge in [-0.25, -0.2) is 0 Å². The number of Topliss-reactive ketones (excluding diaryl/α,β-unsaturated/α-hetero) is 1. The number of hydrogen-bond acceptors (Lipinski definition) is 5. The lowest BCUT2D eigenvalue weighted by molar-refractivity contribution is -0.134. The summed E-state index contributed by atoms with van der Waals surface area (Å²) < 4.78 is 11.0. The Morgan fingerprint density at radius 2 is 2.17 bits per heavy atom. The minimum Gasteiger partial charge on any atom is -0.498 e. The molecule has 2 fully saturated rings. The van der Waals surface area contributed by atoms with Crippen molar-refractivity contribution in [1.82, 2.24) is 0 Å². The summed E-state index contributed by atoms with van der Waals surface area (Å²) in [4.78, 5) is 12.8. The molecular formula is C18H26O5. The molecule has 1 aliphatic heterocycles. The quantitative estimate of drug-likeness (QED) is 0.771. The van der Waals surface area contributed by atoms with Crippen molar-refractivity contribution in [3.8, 4) is 0 Å². The van der Waals surface area contributed by atoms with Crippen LogP contribution in [0.4, 0.5) is 0 Å². The second-order valence-electron chi connectivity index (χ2n) is 7.57. The molecule has 5 atom stereocenters. The van der Waals surface area contributed by atoms with Crippen LogP contribution < -0.4 is 0 Å². The maximum Gasteiger partial charge on any atom is 0.196 e. The van der Waals surface area contributed by atoms with E-state index in [1.165, 1.54) is 7.11 Å². The van der Waals surface area contributed by atoms with Gasteiger partial charge in [0.2, 0.25) is 0 Å². The molecule has 0 aromatic rings. The fourth-order valence-corrected chi connectivity index (χ4v) is 4.46. The van der Waals surface area contributed by atoms with Crippen LogP contribution in [-0.2, 0) is 14.3 Å². The van der Waals surface area contributed by atoms with Gasteiger partial charge in [-0.15, -0.1) is 0 Å². The highest BCUT2D eigenvalue weighted by Gasteiger charge is 2.54. The molecule has 2 aliphatic carbocycles. The van der Waals surface area contributed by atoms with Crippen molar-refractivity contribution in [2.45, 2.75) is 56.8 Å². The van der Waals surface area contributed by atoms with Gasteiger partial charge in [0.05, 0.1) is 19.3 Å². The Morgan fingerprint density at radius 1 is 1.48 bits per heavy atom. The Balaban J connectivity index is 1.96. The first-order valence-corrected chi connectivity index (χ1v) is 8.23. The van der Waals surface area contributed by atoms with Crippen LogP contribution in [0.5, 0.6) is 0 Å². The molecule has 0 aromatic carbocycles. The van der Waals surface area contributed by atoms with Gasteiger partial charge in [0.1, 0.15) is 11.9 Å². The zero-order chi connectivity index (χ0) is 17.0. The zero-order valence-corrected chi connectivity index (χ0v) is 14.1. The van der Waals surface area contributed by atoms with Gasteiger partial charge in [-0.2, -0.15) is 0 Å². The first-order chi connectivity index (χ1) is 10.7. The topological polar surface area (TPSA) is 76.0 Å². The summed E-state index contributed by atoms with van der Waals surface area (Å²) in [5.41, 5.74) is -0.795. The largest absolute Gasteiger partial charge is 0.498 e. The van der Waals surface area contributed by atoms with Crippen molar-refractivity contribution in [2.24, 2.45) is 11.8 Å². The first-order valence-electron chi connectivity index (χ1n) is 8.23. The Kier molecular flexibility index (Phi) is 3.94. The van der Waals surface area contributed by atoms with Crippen LogP contribution in [0.1, 0.15) is 39.5 Å². The standard InChI is InChI=1S/C18H26O5/c1-10(2)11-5-6-17(3,20)13(11)7-12-15(22-4)14-8-18(21,9-23-14)16(12)19/h11,13-14,20-21H,1,5-9H2,2-4H3. The average Bonchev–Trinajstić information content (AvgIpc) is 2.97. The van der Waals surface area contributed by atoms with Crippen LogP contribution in [0.15, 0.2) is 23.5 Å². The number of ketones is 1. The number of carbonyl (C=O) groups is 1. The second kappa shape index (κ2) is 5.43. The van der Waals surface area contributed by atoms with Gasteiger partial charge in [0, 0.05) is 12.0 Å². The molecule has 2 N–H and O–H groups in total. The number of rotatable bonds is 4. The van der Waals surface area contributed by atoms with Gasteiger partial charge < -0.3 is 19.7 Å². The molecule has 128 valence electrons. The van der Waals surface area contributed by atoms with Crippen LogP contribution >= 0.6 is 0 Å². The number of ether oxygens (including phenoxy) is 2. The molecular weight excluding hydrogens is 296 g/mol. The third-order valence-corrected chi connectivity index (χ3v) is 5.86. The minimum absolute atomic E-state index is 0.0117. The molecule has 2 bridgehead atoms. The number of hydrogen-bond donors (Lipinski definition) is 2. The summed E-state index contributed by atoms with van der Waals surface area (Å²) in [6, 6.07) is 0. The Bertz CT molecular complexity index is 576. The van der Waals surface area contributed by atoms with E-state index >= 15 is 0 Å². The monoisotopic (exact) mass is 322 g/mol. The van der Waals surface area contributed by atoms with E-state index in [0.717, 1.165) is 12.0 Å². The average molecular weight is 322 g/mol. The molecule has 5 unspecified atom stereocenters. The van der Waals surface area contributed by atoms with Crippen molar-refractivity contribution < 1.29 is 24.5 Å². The van der Waals surface area contributed by atoms with Gasteiger partial charge in [0.15, 0.2) is 11.4 Å². The predicted molar refractivity (Wildman–Crippen MR) is 84.6 cm³/mol. The highest BCUT2D eigenvalue weighted by Crippen LogP contribution is 2.49. The third-order valence-electron chi connectivity index (χ3n) is 5.86. The minimum atomic E-state index is -1.44. The van der Waals surface area contributed by atoms with E-state index < -0.39 is 11.2 Å². The molecule has 3 aliphatic rings. The highest BCUT2D eigenvalue weighted by atomic mass is 16.5. The fourth-order valence-electron chi connectivity index (χ4n) is 4.46. The van der Waals surface area contributed by atoms with Crippen LogP contribution in [0, 0.1) is 11.8 Å². The van der Waals surface area contributed by atoms with Gasteiger partial charge >= 0.3 is 0 Å². The molecule has 5 heteroatoms. The van der Waals surface area contributed by atoms with E-state index in [9.17, 15) is 15.0 Å². The molecule has 3 rings (SSSR count). The first kappa shape index (κ1) is 16.7. The lowest BCUT2D eigenvalue weighted by Gasteiger charge is -2.34. The SMILES string of the molecule is C=C(C)C1CCC(C)(O)C1CC1=C(OC)C2CC(O)(CO2)C1=O. The molecule has 5 nitrogen and oxygen atoms in total. The zero-order valence-electron chi connectivity index (χ0n) is 14.1. The molecule has 0 spiro atoms. The number of allylic oxidation sites excluding steroid dienone is 1. The maximum atomic E-state index is 12.8. The molecule has 23 heavy (non-hydrogen) atoms. The summed E-state index contributed by atoms with van der Waals surface area (Å²) in [6.45, 7) is 7.84. The van der Waals surface area contributed by atoms with Crippen molar-refractivity contribution in [3.63, 3.8) is 0 Å². The van der Waals surface area contributed by atoms with Crippen LogP contribution in [0.3, 0.4) is 0 Å². The molecule has 1 saturated carbocycles. The number of aliphatic hydroxyl groups is 2. The summed E-state index contributed by atoms with van der Waals surface area (Å²) >= 11 is 0. The predicted octanol–water partition coefficient (Wildman–Crippen LogP) is 1.73. The van der Waals surface area contributed by atoms with Crippen molar-refractivity contribution in [3.05, 3.63) is 23.5 Å². The van der Waals surface area contributed by atoms with E-state index in [2.05, 4.69) is 6.58 Å². The van der Waals surface area contributed by atoms with E-state index in [-0.39, 0.29) is 36.8 Å². The molecule has 1 heterocycles. The number of fused-ring (bicyclic) bond motifs is 2.